The first-order valence-electron chi connectivity index (χ1n) is 9.69. The van der Waals surface area contributed by atoms with Gasteiger partial charge in [0.05, 0.1) is 11.3 Å². The van der Waals surface area contributed by atoms with Gasteiger partial charge < -0.3 is 10.2 Å². The third-order valence-electron chi connectivity index (χ3n) is 4.94. The number of rotatable bonds is 6. The number of carbonyl (C=O) groups excluding carboxylic acids is 2. The summed E-state index contributed by atoms with van der Waals surface area (Å²) < 4.78 is 39.9. The van der Waals surface area contributed by atoms with Crippen molar-refractivity contribution in [3.05, 3.63) is 42.2 Å². The summed E-state index contributed by atoms with van der Waals surface area (Å²) in [6, 6.07) is 4.91. The number of halogens is 3. The molecule has 1 aromatic heterocycles. The van der Waals surface area contributed by atoms with Crippen LogP contribution in [0.25, 0.3) is 5.69 Å². The van der Waals surface area contributed by atoms with Crippen molar-refractivity contribution in [2.75, 3.05) is 18.8 Å². The molecule has 1 saturated heterocycles. The minimum atomic E-state index is -4.38. The minimum Gasteiger partial charge on any atom is -0.353 e. The molecule has 6 nitrogen and oxygen atoms in total. The second-order valence-electron chi connectivity index (χ2n) is 6.99. The highest BCUT2D eigenvalue weighted by Crippen LogP contribution is 2.30. The van der Waals surface area contributed by atoms with Crippen molar-refractivity contribution >= 4 is 23.6 Å². The Kier molecular flexibility index (Phi) is 7.06. The van der Waals surface area contributed by atoms with Gasteiger partial charge in [-0.3, -0.25) is 14.2 Å². The van der Waals surface area contributed by atoms with Gasteiger partial charge in [-0.25, -0.2) is 4.98 Å². The van der Waals surface area contributed by atoms with E-state index >= 15 is 0 Å². The Morgan fingerprint density at radius 1 is 1.20 bits per heavy atom. The number of nitrogens with zero attached hydrogens (tertiary/aromatic N) is 3. The molecule has 2 amide bonds. The highest BCUT2D eigenvalue weighted by molar-refractivity contribution is 7.99. The highest BCUT2D eigenvalue weighted by atomic mass is 32.2. The Labute approximate surface area is 176 Å². The topological polar surface area (TPSA) is 67.2 Å². The van der Waals surface area contributed by atoms with Crippen molar-refractivity contribution in [1.82, 2.24) is 19.8 Å². The molecule has 0 spiro atoms. The van der Waals surface area contributed by atoms with E-state index in [1.54, 1.807) is 28.8 Å². The minimum absolute atomic E-state index is 0.0189. The summed E-state index contributed by atoms with van der Waals surface area (Å²) >= 11 is 1.24. The van der Waals surface area contributed by atoms with Crippen LogP contribution < -0.4 is 5.32 Å². The number of amides is 2. The Hall–Kier alpha value is -2.49. The number of aromatic nitrogens is 2. The molecule has 0 atom stereocenters. The molecule has 1 fully saturated rings. The third-order valence-corrected chi connectivity index (χ3v) is 5.89. The zero-order valence-electron chi connectivity index (χ0n) is 16.5. The van der Waals surface area contributed by atoms with Crippen molar-refractivity contribution in [3.8, 4) is 5.69 Å². The zero-order valence-corrected chi connectivity index (χ0v) is 17.3. The van der Waals surface area contributed by atoms with Crippen LogP contribution >= 0.6 is 11.8 Å². The normalized spacial score (nSPS) is 15.3. The van der Waals surface area contributed by atoms with Crippen molar-refractivity contribution < 1.29 is 22.8 Å². The average Bonchev–Trinajstić information content (AvgIpc) is 3.20. The molecule has 0 saturated carbocycles. The van der Waals surface area contributed by atoms with Crippen LogP contribution in [0.1, 0.15) is 31.7 Å². The van der Waals surface area contributed by atoms with E-state index in [2.05, 4.69) is 10.3 Å². The molecule has 30 heavy (non-hydrogen) atoms. The average molecular weight is 440 g/mol. The maximum Gasteiger partial charge on any atom is 0.416 e. The lowest BCUT2D eigenvalue weighted by Crippen LogP contribution is -2.46. The standard InChI is InChI=1S/C20H23F3N4O2S/c1-2-17(28)25-15-7-10-26(11-8-15)18(29)13-30-19-24-9-12-27(19)16-5-3-14(4-6-16)20(21,22)23/h3-6,9,12,15H,2,7-8,10-11,13H2,1H3,(H,25,28). The summed E-state index contributed by atoms with van der Waals surface area (Å²) in [6.07, 6.45) is 0.708. The summed E-state index contributed by atoms with van der Waals surface area (Å²) in [7, 11) is 0. The fraction of sp³-hybridized carbons (Fsp3) is 0.450. The predicted octanol–water partition coefficient (Wildman–Crippen LogP) is 3.50. The van der Waals surface area contributed by atoms with Crippen molar-refractivity contribution in [3.63, 3.8) is 0 Å². The largest absolute Gasteiger partial charge is 0.416 e. The first kappa shape index (κ1) is 22.2. The summed E-state index contributed by atoms with van der Waals surface area (Å²) in [5.74, 6) is 0.177. The van der Waals surface area contributed by atoms with Crippen molar-refractivity contribution in [1.29, 1.82) is 0 Å². The molecule has 2 heterocycles. The van der Waals surface area contributed by atoms with E-state index < -0.39 is 11.7 Å². The fourth-order valence-corrected chi connectivity index (χ4v) is 4.10. The Bertz CT molecular complexity index is 875. The molecule has 0 bridgehead atoms. The Morgan fingerprint density at radius 2 is 1.87 bits per heavy atom. The van der Waals surface area contributed by atoms with Crippen LogP contribution in [0.5, 0.6) is 0 Å². The molecule has 0 radical (unpaired) electrons. The molecular formula is C20H23F3N4O2S. The summed E-state index contributed by atoms with van der Waals surface area (Å²) in [6.45, 7) is 2.97. The SMILES string of the molecule is CCC(=O)NC1CCN(C(=O)CSc2nccn2-c2ccc(C(F)(F)F)cc2)CC1. The van der Waals surface area contributed by atoms with E-state index in [-0.39, 0.29) is 23.6 Å². The second-order valence-corrected chi connectivity index (χ2v) is 7.93. The summed E-state index contributed by atoms with van der Waals surface area (Å²) in [4.78, 5) is 30.0. The molecule has 2 aromatic rings. The molecule has 1 aliphatic heterocycles. The zero-order chi connectivity index (χ0) is 21.7. The molecule has 1 aliphatic rings. The van der Waals surface area contributed by atoms with E-state index in [9.17, 15) is 22.8 Å². The van der Waals surface area contributed by atoms with Gasteiger partial charge in [-0.05, 0) is 37.1 Å². The lowest BCUT2D eigenvalue weighted by Gasteiger charge is -2.32. The Morgan fingerprint density at radius 3 is 2.47 bits per heavy atom. The number of benzene rings is 1. The number of imidazole rings is 1. The lowest BCUT2D eigenvalue weighted by molar-refractivity contribution is -0.137. The van der Waals surface area contributed by atoms with E-state index in [0.29, 0.717) is 30.4 Å². The number of alkyl halides is 3. The molecule has 3 rings (SSSR count). The van der Waals surface area contributed by atoms with Gasteiger partial charge >= 0.3 is 6.18 Å². The monoisotopic (exact) mass is 440 g/mol. The van der Waals surface area contributed by atoms with E-state index in [1.165, 1.54) is 23.9 Å². The fourth-order valence-electron chi connectivity index (χ4n) is 3.22. The van der Waals surface area contributed by atoms with Gasteiger partial charge in [0.1, 0.15) is 0 Å². The van der Waals surface area contributed by atoms with E-state index in [0.717, 1.165) is 25.0 Å². The number of hydrogen-bond donors (Lipinski definition) is 1. The number of carbonyl (C=O) groups is 2. The van der Waals surface area contributed by atoms with Gasteiger partial charge in [-0.2, -0.15) is 13.2 Å². The lowest BCUT2D eigenvalue weighted by atomic mass is 10.0. The number of hydrogen-bond acceptors (Lipinski definition) is 4. The molecule has 162 valence electrons. The Balaban J connectivity index is 1.54. The van der Waals surface area contributed by atoms with Crippen LogP contribution in [-0.4, -0.2) is 51.1 Å². The van der Waals surface area contributed by atoms with Crippen LogP contribution in [0.15, 0.2) is 41.8 Å². The van der Waals surface area contributed by atoms with Crippen molar-refractivity contribution in [2.45, 2.75) is 43.6 Å². The van der Waals surface area contributed by atoms with Crippen LogP contribution in [0.3, 0.4) is 0 Å². The first-order chi connectivity index (χ1) is 14.3. The molecule has 0 unspecified atom stereocenters. The van der Waals surface area contributed by atoms with Gasteiger partial charge in [0, 0.05) is 43.6 Å². The van der Waals surface area contributed by atoms with Gasteiger partial charge in [0.2, 0.25) is 11.8 Å². The molecule has 10 heteroatoms. The molecule has 0 aliphatic carbocycles. The van der Waals surface area contributed by atoms with Crippen LogP contribution in [0.2, 0.25) is 0 Å². The van der Waals surface area contributed by atoms with E-state index in [4.69, 9.17) is 0 Å². The quantitative estimate of drug-likeness (QED) is 0.699. The van der Waals surface area contributed by atoms with Gasteiger partial charge in [-0.1, -0.05) is 18.7 Å². The summed E-state index contributed by atoms with van der Waals surface area (Å²) in [5.41, 5.74) is -0.169. The molecular weight excluding hydrogens is 417 g/mol. The predicted molar refractivity (Wildman–Crippen MR) is 107 cm³/mol. The van der Waals surface area contributed by atoms with Crippen molar-refractivity contribution in [2.24, 2.45) is 0 Å². The van der Waals surface area contributed by atoms with Crippen LogP contribution in [0.4, 0.5) is 13.2 Å². The number of likely N-dealkylation sites (tertiary alicyclic amines) is 1. The highest BCUT2D eigenvalue weighted by Gasteiger charge is 2.30. The first-order valence-corrected chi connectivity index (χ1v) is 10.7. The smallest absolute Gasteiger partial charge is 0.353 e. The second kappa shape index (κ2) is 9.55. The van der Waals surface area contributed by atoms with Crippen LogP contribution in [0, 0.1) is 0 Å². The maximum atomic E-state index is 12.7. The summed E-state index contributed by atoms with van der Waals surface area (Å²) in [5, 5.41) is 3.49. The van der Waals surface area contributed by atoms with Gasteiger partial charge in [0.25, 0.3) is 0 Å². The third kappa shape index (κ3) is 5.56. The van der Waals surface area contributed by atoms with Crippen LogP contribution in [-0.2, 0) is 15.8 Å². The van der Waals surface area contributed by atoms with Gasteiger partial charge in [-0.15, -0.1) is 0 Å². The van der Waals surface area contributed by atoms with Gasteiger partial charge in [0.15, 0.2) is 5.16 Å². The maximum absolute atomic E-state index is 12.7. The number of thioether (sulfide) groups is 1. The molecule has 1 aromatic carbocycles. The number of piperidine rings is 1. The number of nitrogens with one attached hydrogen (secondary N) is 1. The van der Waals surface area contributed by atoms with E-state index in [1.807, 2.05) is 0 Å². The molecule has 1 N–H and O–H groups in total.